The van der Waals surface area contributed by atoms with Gasteiger partial charge in [0.1, 0.15) is 6.04 Å². The first kappa shape index (κ1) is 15.9. The molecule has 0 unspecified atom stereocenters. The van der Waals surface area contributed by atoms with Crippen LogP contribution < -0.4 is 10.0 Å². The van der Waals surface area contributed by atoms with Gasteiger partial charge in [-0.15, -0.1) is 0 Å². The third kappa shape index (κ3) is 3.36. The Morgan fingerprint density at radius 2 is 1.91 bits per heavy atom. The summed E-state index contributed by atoms with van der Waals surface area (Å²) >= 11 is 0. The van der Waals surface area contributed by atoms with Gasteiger partial charge < -0.3 is 10.2 Å². The number of amides is 2. The molecule has 1 aromatic carbocycles. The first-order chi connectivity index (χ1) is 11.0. The molecule has 2 heterocycles. The monoisotopic (exact) mass is 338 g/mol. The zero-order chi connectivity index (χ0) is 16.4. The van der Waals surface area contributed by atoms with Gasteiger partial charge in [-0.3, -0.25) is 9.59 Å². The second-order valence-corrected chi connectivity index (χ2v) is 7.25. The van der Waals surface area contributed by atoms with Crippen molar-refractivity contribution in [2.75, 3.05) is 26.2 Å². The number of hydrogen-bond donors (Lipinski definition) is 2. The zero-order valence-electron chi connectivity index (χ0n) is 12.4. The smallest absolute Gasteiger partial charge is 0.279 e. The third-order valence-corrected chi connectivity index (χ3v) is 5.54. The number of fused-ring (bicyclic) bond motifs is 1. The quantitative estimate of drug-likeness (QED) is 0.710. The number of benzene rings is 1. The van der Waals surface area contributed by atoms with Crippen LogP contribution in [0.5, 0.6) is 0 Å². The molecule has 1 aromatic rings. The summed E-state index contributed by atoms with van der Waals surface area (Å²) in [5.41, 5.74) is 0.847. The number of nitrogens with one attached hydrogen (secondary N) is 2. The summed E-state index contributed by atoms with van der Waals surface area (Å²) in [4.78, 5) is 25.1. The standard InChI is InChI=1S/C14H18N4O4S/c19-13-9-15-14(20)12-10-17(6-7-18(12)13)23(21,22)16-8-11-4-2-1-3-5-11/h1-5,12,16H,6-10H2,(H,15,20)/t12-/m0/s1. The molecule has 23 heavy (non-hydrogen) atoms. The van der Waals surface area contributed by atoms with Gasteiger partial charge in [0, 0.05) is 26.2 Å². The lowest BCUT2D eigenvalue weighted by Gasteiger charge is -2.42. The fraction of sp³-hybridized carbons (Fsp3) is 0.429. The van der Waals surface area contributed by atoms with Gasteiger partial charge in [0.15, 0.2) is 0 Å². The van der Waals surface area contributed by atoms with Crippen molar-refractivity contribution in [1.29, 1.82) is 0 Å². The van der Waals surface area contributed by atoms with Crippen molar-refractivity contribution >= 4 is 22.0 Å². The lowest BCUT2D eigenvalue weighted by molar-refractivity contribution is -0.147. The highest BCUT2D eigenvalue weighted by molar-refractivity contribution is 7.87. The Balaban J connectivity index is 1.66. The summed E-state index contributed by atoms with van der Waals surface area (Å²) in [5.74, 6) is -0.489. The van der Waals surface area contributed by atoms with E-state index in [-0.39, 0.29) is 44.5 Å². The molecule has 8 nitrogen and oxygen atoms in total. The SMILES string of the molecule is O=C1NCC(=O)N2CCN(S(=O)(=O)NCc3ccccc3)C[C@@H]12. The van der Waals surface area contributed by atoms with Crippen molar-refractivity contribution in [2.24, 2.45) is 0 Å². The van der Waals surface area contributed by atoms with Crippen molar-refractivity contribution < 1.29 is 18.0 Å². The Bertz CT molecular complexity index is 707. The van der Waals surface area contributed by atoms with E-state index in [0.717, 1.165) is 5.56 Å². The van der Waals surface area contributed by atoms with Crippen LogP contribution in [-0.2, 0) is 26.3 Å². The molecule has 0 spiro atoms. The Morgan fingerprint density at radius 1 is 1.17 bits per heavy atom. The average Bonchev–Trinajstić information content (AvgIpc) is 2.57. The summed E-state index contributed by atoms with van der Waals surface area (Å²) < 4.78 is 28.5. The highest BCUT2D eigenvalue weighted by atomic mass is 32.2. The van der Waals surface area contributed by atoms with E-state index >= 15 is 0 Å². The molecule has 0 radical (unpaired) electrons. The Labute approximate surface area is 134 Å². The molecule has 2 aliphatic heterocycles. The lowest BCUT2D eigenvalue weighted by atomic mass is 10.1. The minimum absolute atomic E-state index is 0.0195. The van der Waals surface area contributed by atoms with Crippen LogP contribution in [-0.4, -0.2) is 61.7 Å². The van der Waals surface area contributed by atoms with E-state index in [1.807, 2.05) is 30.3 Å². The zero-order valence-corrected chi connectivity index (χ0v) is 13.3. The first-order valence-electron chi connectivity index (χ1n) is 7.33. The predicted octanol–water partition coefficient (Wildman–Crippen LogP) is -1.34. The molecule has 3 rings (SSSR count). The summed E-state index contributed by atoms with van der Waals surface area (Å²) in [6.07, 6.45) is 0. The molecule has 1 atom stereocenters. The maximum Gasteiger partial charge on any atom is 0.279 e. The largest absolute Gasteiger partial charge is 0.345 e. The number of carbonyl (C=O) groups is 2. The van der Waals surface area contributed by atoms with Gasteiger partial charge in [0.05, 0.1) is 6.54 Å². The predicted molar refractivity (Wildman–Crippen MR) is 82.3 cm³/mol. The molecule has 2 N–H and O–H groups in total. The number of piperazine rings is 2. The van der Waals surface area contributed by atoms with Crippen LogP contribution in [0.25, 0.3) is 0 Å². The first-order valence-corrected chi connectivity index (χ1v) is 8.77. The van der Waals surface area contributed by atoms with Crippen molar-refractivity contribution in [2.45, 2.75) is 12.6 Å². The maximum atomic E-state index is 12.4. The summed E-state index contributed by atoms with van der Waals surface area (Å²) in [6.45, 7) is 0.540. The number of hydrogen-bond acceptors (Lipinski definition) is 4. The number of rotatable bonds is 4. The van der Waals surface area contributed by atoms with Crippen molar-refractivity contribution in [3.8, 4) is 0 Å². The number of nitrogens with zero attached hydrogens (tertiary/aromatic N) is 2. The average molecular weight is 338 g/mol. The molecule has 124 valence electrons. The van der Waals surface area contributed by atoms with Crippen LogP contribution in [0.2, 0.25) is 0 Å². The highest BCUT2D eigenvalue weighted by Crippen LogP contribution is 2.16. The Morgan fingerprint density at radius 3 is 2.65 bits per heavy atom. The molecule has 2 saturated heterocycles. The van der Waals surface area contributed by atoms with Crippen LogP contribution in [0.4, 0.5) is 0 Å². The Hall–Kier alpha value is -1.97. The second kappa shape index (κ2) is 6.26. The molecular formula is C14H18N4O4S. The van der Waals surface area contributed by atoms with Crippen LogP contribution >= 0.6 is 0 Å². The molecule has 0 bridgehead atoms. The fourth-order valence-corrected chi connectivity index (χ4v) is 3.93. The van der Waals surface area contributed by atoms with E-state index in [1.54, 1.807) is 0 Å². The lowest BCUT2D eigenvalue weighted by Crippen LogP contribution is -2.67. The highest BCUT2D eigenvalue weighted by Gasteiger charge is 2.41. The molecule has 0 saturated carbocycles. The van der Waals surface area contributed by atoms with Crippen LogP contribution in [0.15, 0.2) is 30.3 Å². The van der Waals surface area contributed by atoms with Gasteiger partial charge in [0.2, 0.25) is 11.8 Å². The van der Waals surface area contributed by atoms with Crippen LogP contribution in [0, 0.1) is 0 Å². The van der Waals surface area contributed by atoms with Gasteiger partial charge in [-0.1, -0.05) is 30.3 Å². The maximum absolute atomic E-state index is 12.4. The summed E-state index contributed by atoms with van der Waals surface area (Å²) in [7, 11) is -3.71. The molecule has 0 aromatic heterocycles. The van der Waals surface area contributed by atoms with Gasteiger partial charge in [-0.25, -0.2) is 0 Å². The summed E-state index contributed by atoms with van der Waals surface area (Å²) in [5, 5.41) is 2.49. The van der Waals surface area contributed by atoms with Crippen molar-refractivity contribution in [3.05, 3.63) is 35.9 Å². The molecule has 2 fully saturated rings. The molecule has 2 aliphatic rings. The van der Waals surface area contributed by atoms with E-state index in [1.165, 1.54) is 9.21 Å². The van der Waals surface area contributed by atoms with Gasteiger partial charge in [-0.05, 0) is 5.56 Å². The normalized spacial score (nSPS) is 22.6. The summed E-state index contributed by atoms with van der Waals surface area (Å²) in [6, 6.07) is 8.43. The van der Waals surface area contributed by atoms with E-state index in [9.17, 15) is 18.0 Å². The van der Waals surface area contributed by atoms with E-state index < -0.39 is 16.3 Å². The van der Waals surface area contributed by atoms with Crippen molar-refractivity contribution in [3.63, 3.8) is 0 Å². The molecular weight excluding hydrogens is 320 g/mol. The van der Waals surface area contributed by atoms with E-state index in [4.69, 9.17) is 0 Å². The molecule has 2 amide bonds. The van der Waals surface area contributed by atoms with E-state index in [2.05, 4.69) is 10.0 Å². The molecule has 9 heteroatoms. The van der Waals surface area contributed by atoms with Gasteiger partial charge in [0.25, 0.3) is 10.2 Å². The van der Waals surface area contributed by atoms with Gasteiger partial charge >= 0.3 is 0 Å². The fourth-order valence-electron chi connectivity index (χ4n) is 2.74. The van der Waals surface area contributed by atoms with Crippen LogP contribution in [0.3, 0.4) is 0 Å². The van der Waals surface area contributed by atoms with Crippen molar-refractivity contribution in [1.82, 2.24) is 19.2 Å². The molecule has 0 aliphatic carbocycles. The second-order valence-electron chi connectivity index (χ2n) is 5.49. The van der Waals surface area contributed by atoms with E-state index in [0.29, 0.717) is 0 Å². The Kier molecular flexibility index (Phi) is 4.33. The van der Waals surface area contributed by atoms with Crippen LogP contribution in [0.1, 0.15) is 5.56 Å². The number of carbonyl (C=O) groups excluding carboxylic acids is 2. The topological polar surface area (TPSA) is 98.8 Å². The van der Waals surface area contributed by atoms with Gasteiger partial charge in [-0.2, -0.15) is 17.4 Å². The minimum atomic E-state index is -3.71. The minimum Gasteiger partial charge on any atom is -0.345 e. The third-order valence-electron chi connectivity index (χ3n) is 4.02.